The van der Waals surface area contributed by atoms with Gasteiger partial charge in [-0.1, -0.05) is 42.1 Å². The van der Waals surface area contributed by atoms with E-state index >= 15 is 0 Å². The zero-order valence-electron chi connectivity index (χ0n) is 16.7. The number of likely N-dealkylation sites (tertiary alicyclic amines) is 1. The molecule has 0 bridgehead atoms. The standard InChI is InChI=1S/C21H24Cl2N2O3S2/c1-29-20-9-8-17(13-18(20)21(26)25-10-4-2-3-5-11-25)30(27,28)24-14-15-6-7-16(22)12-19(15)23/h6-9,12-13,24H,2-5,10-11,14H2,1H3. The Kier molecular flexibility index (Phi) is 8.10. The number of carbonyl (C=O) groups excluding carboxylic acids is 1. The predicted octanol–water partition coefficient (Wildman–Crippen LogP) is 5.21. The fraction of sp³-hybridized carbons (Fsp3) is 0.381. The van der Waals surface area contributed by atoms with Gasteiger partial charge in [0.25, 0.3) is 5.91 Å². The normalized spacial score (nSPS) is 15.1. The number of carbonyl (C=O) groups is 1. The lowest BCUT2D eigenvalue weighted by Crippen LogP contribution is -2.32. The molecule has 0 atom stereocenters. The highest BCUT2D eigenvalue weighted by atomic mass is 35.5. The van der Waals surface area contributed by atoms with Crippen molar-refractivity contribution in [3.05, 3.63) is 57.6 Å². The molecule has 0 saturated carbocycles. The van der Waals surface area contributed by atoms with Gasteiger partial charge in [-0.3, -0.25) is 4.79 Å². The van der Waals surface area contributed by atoms with E-state index in [9.17, 15) is 13.2 Å². The molecule has 0 spiro atoms. The Labute approximate surface area is 192 Å². The fourth-order valence-electron chi connectivity index (χ4n) is 3.39. The molecular formula is C21H24Cl2N2O3S2. The lowest BCUT2D eigenvalue weighted by Gasteiger charge is -2.22. The lowest BCUT2D eigenvalue weighted by atomic mass is 10.2. The van der Waals surface area contributed by atoms with E-state index in [1.165, 1.54) is 23.9 Å². The maximum atomic E-state index is 13.1. The van der Waals surface area contributed by atoms with E-state index in [1.54, 1.807) is 24.3 Å². The monoisotopic (exact) mass is 486 g/mol. The third kappa shape index (κ3) is 5.71. The van der Waals surface area contributed by atoms with Crippen LogP contribution in [0.15, 0.2) is 46.2 Å². The van der Waals surface area contributed by atoms with Gasteiger partial charge in [0.1, 0.15) is 0 Å². The van der Waals surface area contributed by atoms with Crippen molar-refractivity contribution in [2.24, 2.45) is 0 Å². The number of halogens is 2. The zero-order chi connectivity index (χ0) is 21.7. The SMILES string of the molecule is CSc1ccc(S(=O)(=O)NCc2ccc(Cl)cc2Cl)cc1C(=O)N1CCCCCC1. The number of thioether (sulfide) groups is 1. The van der Waals surface area contributed by atoms with Crippen molar-refractivity contribution in [2.75, 3.05) is 19.3 Å². The molecule has 3 rings (SSSR count). The maximum absolute atomic E-state index is 13.1. The van der Waals surface area contributed by atoms with Crippen LogP contribution in [-0.4, -0.2) is 38.6 Å². The van der Waals surface area contributed by atoms with Crippen LogP contribution in [0.25, 0.3) is 0 Å². The smallest absolute Gasteiger partial charge is 0.255 e. The quantitative estimate of drug-likeness (QED) is 0.568. The summed E-state index contributed by atoms with van der Waals surface area (Å²) in [6.07, 6.45) is 6.06. The topological polar surface area (TPSA) is 66.5 Å². The molecule has 1 aliphatic rings. The van der Waals surface area contributed by atoms with Gasteiger partial charge < -0.3 is 4.90 Å². The van der Waals surface area contributed by atoms with E-state index in [1.807, 2.05) is 11.2 Å². The Morgan fingerprint density at radius 2 is 1.77 bits per heavy atom. The van der Waals surface area contributed by atoms with Gasteiger partial charge in [-0.15, -0.1) is 11.8 Å². The van der Waals surface area contributed by atoms with Gasteiger partial charge in [-0.25, -0.2) is 13.1 Å². The minimum atomic E-state index is -3.83. The Bertz CT molecular complexity index is 1020. The molecule has 1 aliphatic heterocycles. The summed E-state index contributed by atoms with van der Waals surface area (Å²) in [5.41, 5.74) is 1.04. The van der Waals surface area contributed by atoms with E-state index in [0.717, 1.165) is 30.6 Å². The number of sulfonamides is 1. The van der Waals surface area contributed by atoms with Crippen LogP contribution >= 0.6 is 35.0 Å². The van der Waals surface area contributed by atoms with E-state index in [0.29, 0.717) is 34.3 Å². The highest BCUT2D eigenvalue weighted by Gasteiger charge is 2.23. The first-order valence-corrected chi connectivity index (χ1v) is 13.2. The number of amides is 1. The Balaban J connectivity index is 1.84. The van der Waals surface area contributed by atoms with Crippen molar-refractivity contribution < 1.29 is 13.2 Å². The fourth-order valence-corrected chi connectivity index (χ4v) is 5.46. The Morgan fingerprint density at radius 1 is 1.07 bits per heavy atom. The predicted molar refractivity (Wildman–Crippen MR) is 123 cm³/mol. The summed E-state index contributed by atoms with van der Waals surface area (Å²) in [5.74, 6) is -0.112. The van der Waals surface area contributed by atoms with Crippen LogP contribution in [0.1, 0.15) is 41.6 Å². The molecule has 1 fully saturated rings. The van der Waals surface area contributed by atoms with Gasteiger partial charge in [-0.05, 0) is 55.0 Å². The van der Waals surface area contributed by atoms with Crippen molar-refractivity contribution in [1.82, 2.24) is 9.62 Å². The second-order valence-corrected chi connectivity index (χ2v) is 10.6. The molecule has 0 aliphatic carbocycles. The highest BCUT2D eigenvalue weighted by molar-refractivity contribution is 7.98. The average molecular weight is 487 g/mol. The molecule has 9 heteroatoms. The molecule has 0 radical (unpaired) electrons. The molecule has 5 nitrogen and oxygen atoms in total. The number of hydrogen-bond donors (Lipinski definition) is 1. The molecule has 1 heterocycles. The Morgan fingerprint density at radius 3 is 2.40 bits per heavy atom. The minimum Gasteiger partial charge on any atom is -0.339 e. The van der Waals surface area contributed by atoms with Crippen LogP contribution < -0.4 is 4.72 Å². The van der Waals surface area contributed by atoms with Crippen LogP contribution in [-0.2, 0) is 16.6 Å². The van der Waals surface area contributed by atoms with E-state index in [4.69, 9.17) is 23.2 Å². The minimum absolute atomic E-state index is 0.0258. The summed E-state index contributed by atoms with van der Waals surface area (Å²) in [5, 5.41) is 0.871. The van der Waals surface area contributed by atoms with Gasteiger partial charge in [0.15, 0.2) is 0 Å². The second kappa shape index (κ2) is 10.4. The first kappa shape index (κ1) is 23.4. The molecule has 162 valence electrons. The van der Waals surface area contributed by atoms with Crippen LogP contribution in [0.5, 0.6) is 0 Å². The van der Waals surface area contributed by atoms with Crippen molar-refractivity contribution in [3.8, 4) is 0 Å². The van der Waals surface area contributed by atoms with Gasteiger partial charge >= 0.3 is 0 Å². The van der Waals surface area contributed by atoms with Crippen LogP contribution in [0, 0.1) is 0 Å². The van der Waals surface area contributed by atoms with Crippen LogP contribution in [0.2, 0.25) is 10.0 Å². The zero-order valence-corrected chi connectivity index (χ0v) is 19.8. The summed E-state index contributed by atoms with van der Waals surface area (Å²) in [6, 6.07) is 9.60. The van der Waals surface area contributed by atoms with Crippen molar-refractivity contribution >= 4 is 50.9 Å². The molecule has 30 heavy (non-hydrogen) atoms. The highest BCUT2D eigenvalue weighted by Crippen LogP contribution is 2.27. The van der Waals surface area contributed by atoms with Crippen molar-refractivity contribution in [3.63, 3.8) is 0 Å². The van der Waals surface area contributed by atoms with Gasteiger partial charge in [0, 0.05) is 34.6 Å². The first-order chi connectivity index (χ1) is 14.3. The molecule has 1 N–H and O–H groups in total. The van der Waals surface area contributed by atoms with E-state index < -0.39 is 10.0 Å². The number of rotatable bonds is 6. The number of nitrogens with zero attached hydrogens (tertiary/aromatic N) is 1. The summed E-state index contributed by atoms with van der Waals surface area (Å²) in [7, 11) is -3.83. The third-order valence-corrected chi connectivity index (χ3v) is 7.85. The largest absolute Gasteiger partial charge is 0.339 e. The lowest BCUT2D eigenvalue weighted by molar-refractivity contribution is 0.0758. The van der Waals surface area contributed by atoms with Crippen molar-refractivity contribution in [2.45, 2.75) is 42.0 Å². The van der Waals surface area contributed by atoms with Gasteiger partial charge in [0.05, 0.1) is 10.5 Å². The average Bonchev–Trinajstić information content (AvgIpc) is 3.01. The van der Waals surface area contributed by atoms with E-state index in [2.05, 4.69) is 4.72 Å². The molecule has 2 aromatic carbocycles. The molecule has 1 saturated heterocycles. The number of hydrogen-bond acceptors (Lipinski definition) is 4. The molecule has 2 aromatic rings. The third-order valence-electron chi connectivity index (χ3n) is 5.07. The molecular weight excluding hydrogens is 463 g/mol. The Hall–Kier alpha value is -1.25. The van der Waals surface area contributed by atoms with Gasteiger partial charge in [-0.2, -0.15) is 0 Å². The number of nitrogens with one attached hydrogen (secondary N) is 1. The van der Waals surface area contributed by atoms with Crippen LogP contribution in [0.3, 0.4) is 0 Å². The second-order valence-electron chi connectivity index (χ2n) is 7.13. The summed E-state index contributed by atoms with van der Waals surface area (Å²) >= 11 is 13.5. The molecule has 0 unspecified atom stereocenters. The van der Waals surface area contributed by atoms with Crippen molar-refractivity contribution in [1.29, 1.82) is 0 Å². The molecule has 0 aromatic heterocycles. The first-order valence-electron chi connectivity index (χ1n) is 9.73. The van der Waals surface area contributed by atoms with E-state index in [-0.39, 0.29) is 17.3 Å². The maximum Gasteiger partial charge on any atom is 0.255 e. The number of benzene rings is 2. The summed E-state index contributed by atoms with van der Waals surface area (Å²) < 4.78 is 28.3. The van der Waals surface area contributed by atoms with Crippen LogP contribution in [0.4, 0.5) is 0 Å². The van der Waals surface area contributed by atoms with Gasteiger partial charge in [0.2, 0.25) is 10.0 Å². The molecule has 1 amide bonds. The summed E-state index contributed by atoms with van der Waals surface area (Å²) in [4.78, 5) is 15.8. The summed E-state index contributed by atoms with van der Waals surface area (Å²) in [6.45, 7) is 1.44.